The molecule has 3 nitrogen and oxygen atoms in total. The number of nitrogen functional groups attached to an aromatic ring is 1. The molecule has 1 aromatic rings. The van der Waals surface area contributed by atoms with E-state index in [0.29, 0.717) is 6.04 Å². The molecular formula is C13H20BrN3. The molecule has 2 unspecified atom stereocenters. The predicted octanol–water partition coefficient (Wildman–Crippen LogP) is 3.36. The molecule has 2 rings (SSSR count). The first kappa shape index (κ1) is 12.7. The van der Waals surface area contributed by atoms with Crippen LogP contribution in [-0.4, -0.2) is 17.6 Å². The summed E-state index contributed by atoms with van der Waals surface area (Å²) in [6, 6.07) is 0.547. The van der Waals surface area contributed by atoms with Crippen molar-refractivity contribution >= 4 is 27.4 Å². The van der Waals surface area contributed by atoms with Gasteiger partial charge in [0.05, 0.1) is 16.4 Å². The van der Waals surface area contributed by atoms with Crippen LogP contribution in [0.2, 0.25) is 0 Å². The Bertz CT molecular complexity index is 419. The van der Waals surface area contributed by atoms with Gasteiger partial charge in [0.1, 0.15) is 5.82 Å². The molecule has 0 bridgehead atoms. The third-order valence-corrected chi connectivity index (χ3v) is 4.64. The van der Waals surface area contributed by atoms with Gasteiger partial charge in [0, 0.05) is 12.6 Å². The Kier molecular flexibility index (Phi) is 3.61. The minimum Gasteiger partial charge on any atom is -0.397 e. The van der Waals surface area contributed by atoms with Gasteiger partial charge in [-0.1, -0.05) is 6.92 Å². The third-order valence-electron chi connectivity index (χ3n) is 3.69. The molecule has 1 aromatic heterocycles. The fraction of sp³-hybridized carbons (Fsp3) is 0.615. The fourth-order valence-electron chi connectivity index (χ4n) is 2.50. The average molecular weight is 298 g/mol. The molecule has 2 heterocycles. The van der Waals surface area contributed by atoms with E-state index in [1.54, 1.807) is 6.20 Å². The van der Waals surface area contributed by atoms with Crippen LogP contribution in [0.25, 0.3) is 0 Å². The normalized spacial score (nSPS) is 25.1. The van der Waals surface area contributed by atoms with E-state index >= 15 is 0 Å². The van der Waals surface area contributed by atoms with Crippen LogP contribution in [0.4, 0.5) is 11.5 Å². The molecule has 94 valence electrons. The second kappa shape index (κ2) is 4.84. The molecule has 1 aliphatic heterocycles. The lowest BCUT2D eigenvalue weighted by atomic mass is 9.93. The second-order valence-corrected chi connectivity index (χ2v) is 5.94. The SMILES string of the molecule is Cc1c(N)cnc(N2CCC(C)CC2C)c1Br. The Morgan fingerprint density at radius 1 is 1.47 bits per heavy atom. The van der Waals surface area contributed by atoms with E-state index in [-0.39, 0.29) is 0 Å². The summed E-state index contributed by atoms with van der Waals surface area (Å²) >= 11 is 3.62. The number of aromatic nitrogens is 1. The maximum Gasteiger partial charge on any atom is 0.143 e. The summed E-state index contributed by atoms with van der Waals surface area (Å²) in [4.78, 5) is 6.88. The van der Waals surface area contributed by atoms with Gasteiger partial charge in [-0.3, -0.25) is 0 Å². The molecule has 2 N–H and O–H groups in total. The van der Waals surface area contributed by atoms with E-state index in [0.717, 1.165) is 34.0 Å². The van der Waals surface area contributed by atoms with Crippen molar-refractivity contribution in [2.24, 2.45) is 5.92 Å². The zero-order valence-electron chi connectivity index (χ0n) is 10.7. The second-order valence-electron chi connectivity index (χ2n) is 5.15. The lowest BCUT2D eigenvalue weighted by Gasteiger charge is -2.38. The number of rotatable bonds is 1. The lowest BCUT2D eigenvalue weighted by Crippen LogP contribution is -2.41. The van der Waals surface area contributed by atoms with Crippen molar-refractivity contribution in [3.63, 3.8) is 0 Å². The van der Waals surface area contributed by atoms with E-state index in [2.05, 4.69) is 39.7 Å². The Labute approximate surface area is 112 Å². The summed E-state index contributed by atoms with van der Waals surface area (Å²) in [6.45, 7) is 7.71. The Morgan fingerprint density at radius 3 is 2.82 bits per heavy atom. The van der Waals surface area contributed by atoms with Crippen LogP contribution in [0, 0.1) is 12.8 Å². The lowest BCUT2D eigenvalue weighted by molar-refractivity contribution is 0.375. The summed E-state index contributed by atoms with van der Waals surface area (Å²) in [5.74, 6) is 1.85. The minimum absolute atomic E-state index is 0.547. The van der Waals surface area contributed by atoms with Gasteiger partial charge in [0.2, 0.25) is 0 Å². The maximum absolute atomic E-state index is 5.86. The van der Waals surface area contributed by atoms with Crippen LogP contribution in [0.5, 0.6) is 0 Å². The highest BCUT2D eigenvalue weighted by Crippen LogP contribution is 2.34. The number of hydrogen-bond acceptors (Lipinski definition) is 3. The van der Waals surface area contributed by atoms with Gasteiger partial charge in [-0.2, -0.15) is 0 Å². The molecule has 0 spiro atoms. The monoisotopic (exact) mass is 297 g/mol. The van der Waals surface area contributed by atoms with Gasteiger partial charge in [0.15, 0.2) is 0 Å². The molecular weight excluding hydrogens is 278 g/mol. The Hall–Kier alpha value is -0.770. The summed E-state index contributed by atoms with van der Waals surface area (Å²) in [6.07, 6.45) is 4.24. The van der Waals surface area contributed by atoms with E-state index in [9.17, 15) is 0 Å². The standard InChI is InChI=1S/C13H20BrN3/c1-8-4-5-17(9(2)6-8)13-12(14)10(3)11(15)7-16-13/h7-9H,4-6,15H2,1-3H3. The highest BCUT2D eigenvalue weighted by molar-refractivity contribution is 9.10. The van der Waals surface area contributed by atoms with Gasteiger partial charge in [0.25, 0.3) is 0 Å². The number of anilines is 2. The number of halogens is 1. The minimum atomic E-state index is 0.547. The van der Waals surface area contributed by atoms with E-state index in [4.69, 9.17) is 5.73 Å². The van der Waals surface area contributed by atoms with E-state index in [1.807, 2.05) is 6.92 Å². The van der Waals surface area contributed by atoms with Crippen LogP contribution in [0.1, 0.15) is 32.3 Å². The molecule has 0 aromatic carbocycles. The summed E-state index contributed by atoms with van der Waals surface area (Å²) in [7, 11) is 0. The molecule has 0 radical (unpaired) electrons. The molecule has 0 aliphatic carbocycles. The Balaban J connectivity index is 2.31. The van der Waals surface area contributed by atoms with Gasteiger partial charge in [-0.15, -0.1) is 0 Å². The number of pyridine rings is 1. The van der Waals surface area contributed by atoms with Gasteiger partial charge in [-0.25, -0.2) is 4.98 Å². The molecule has 1 fully saturated rings. The number of hydrogen-bond donors (Lipinski definition) is 1. The molecule has 0 saturated carbocycles. The number of nitrogens with two attached hydrogens (primary N) is 1. The molecule has 4 heteroatoms. The van der Waals surface area contributed by atoms with Crippen molar-refractivity contribution in [1.29, 1.82) is 0 Å². The zero-order valence-corrected chi connectivity index (χ0v) is 12.3. The van der Waals surface area contributed by atoms with Gasteiger partial charge >= 0.3 is 0 Å². The van der Waals surface area contributed by atoms with Crippen molar-refractivity contribution in [2.75, 3.05) is 17.2 Å². The van der Waals surface area contributed by atoms with E-state index in [1.165, 1.54) is 12.8 Å². The molecule has 2 atom stereocenters. The van der Waals surface area contributed by atoms with Gasteiger partial charge in [-0.05, 0) is 54.1 Å². The Morgan fingerprint density at radius 2 is 2.18 bits per heavy atom. The van der Waals surface area contributed by atoms with Crippen molar-refractivity contribution in [3.8, 4) is 0 Å². The quantitative estimate of drug-likeness (QED) is 0.864. The fourth-order valence-corrected chi connectivity index (χ4v) is 3.06. The first-order valence-corrected chi connectivity index (χ1v) is 6.97. The van der Waals surface area contributed by atoms with Crippen LogP contribution in [0.15, 0.2) is 10.7 Å². The van der Waals surface area contributed by atoms with Crippen LogP contribution < -0.4 is 10.6 Å². The summed E-state index contributed by atoms with van der Waals surface area (Å²) in [5.41, 5.74) is 7.70. The third kappa shape index (κ3) is 2.41. The van der Waals surface area contributed by atoms with Crippen molar-refractivity contribution < 1.29 is 0 Å². The zero-order chi connectivity index (χ0) is 12.6. The molecule has 1 saturated heterocycles. The topological polar surface area (TPSA) is 42.1 Å². The van der Waals surface area contributed by atoms with Crippen LogP contribution >= 0.6 is 15.9 Å². The number of piperidine rings is 1. The number of nitrogens with zero attached hydrogens (tertiary/aromatic N) is 2. The van der Waals surface area contributed by atoms with E-state index < -0.39 is 0 Å². The average Bonchev–Trinajstić information content (AvgIpc) is 2.28. The van der Waals surface area contributed by atoms with Crippen molar-refractivity contribution in [3.05, 3.63) is 16.2 Å². The highest BCUT2D eigenvalue weighted by atomic mass is 79.9. The first-order valence-electron chi connectivity index (χ1n) is 6.18. The summed E-state index contributed by atoms with van der Waals surface area (Å²) in [5, 5.41) is 0. The first-order chi connectivity index (χ1) is 8.00. The largest absolute Gasteiger partial charge is 0.397 e. The maximum atomic E-state index is 5.86. The van der Waals surface area contributed by atoms with Crippen LogP contribution in [0.3, 0.4) is 0 Å². The molecule has 1 aliphatic rings. The molecule has 17 heavy (non-hydrogen) atoms. The van der Waals surface area contributed by atoms with Crippen molar-refractivity contribution in [1.82, 2.24) is 4.98 Å². The molecule has 0 amide bonds. The summed E-state index contributed by atoms with van der Waals surface area (Å²) < 4.78 is 1.04. The van der Waals surface area contributed by atoms with Gasteiger partial charge < -0.3 is 10.6 Å². The highest BCUT2D eigenvalue weighted by Gasteiger charge is 2.25. The smallest absolute Gasteiger partial charge is 0.143 e. The van der Waals surface area contributed by atoms with Crippen molar-refractivity contribution in [2.45, 2.75) is 39.7 Å². The van der Waals surface area contributed by atoms with Crippen LogP contribution in [-0.2, 0) is 0 Å². The predicted molar refractivity (Wildman–Crippen MR) is 76.3 cm³/mol.